The minimum absolute atomic E-state index is 0.163. The Morgan fingerprint density at radius 1 is 0.737 bits per heavy atom. The summed E-state index contributed by atoms with van der Waals surface area (Å²) in [6.45, 7) is 3.49. The van der Waals surface area contributed by atoms with Crippen LogP contribution in [-0.4, -0.2) is 30.7 Å². The second-order valence-electron chi connectivity index (χ2n) is 8.63. The lowest BCUT2D eigenvalue weighted by Gasteiger charge is -2.37. The highest BCUT2D eigenvalue weighted by Crippen LogP contribution is 2.57. The topological polar surface area (TPSA) is 124 Å². The average molecular weight is 518 g/mol. The van der Waals surface area contributed by atoms with Crippen molar-refractivity contribution in [3.8, 4) is 23.0 Å². The number of ether oxygens (including phenoxy) is 6. The number of hydrogen-bond acceptors (Lipinski definition) is 10. The summed E-state index contributed by atoms with van der Waals surface area (Å²) >= 11 is 0. The summed E-state index contributed by atoms with van der Waals surface area (Å²) in [6.07, 6.45) is 0. The van der Waals surface area contributed by atoms with Crippen molar-refractivity contribution in [1.29, 1.82) is 0 Å². The fourth-order valence-electron chi connectivity index (χ4n) is 4.62. The maximum Gasteiger partial charge on any atom is 0.341 e. The lowest BCUT2D eigenvalue weighted by Crippen LogP contribution is -2.32. The van der Waals surface area contributed by atoms with Crippen molar-refractivity contribution in [2.24, 2.45) is 0 Å². The van der Waals surface area contributed by atoms with Crippen LogP contribution in [0, 0.1) is 0 Å². The molecule has 0 N–H and O–H groups in total. The highest BCUT2D eigenvalue weighted by molar-refractivity contribution is 5.90. The summed E-state index contributed by atoms with van der Waals surface area (Å²) in [7, 11) is 0. The number of benzene rings is 3. The van der Waals surface area contributed by atoms with Gasteiger partial charge in [-0.2, -0.15) is 0 Å². The van der Waals surface area contributed by atoms with Crippen LogP contribution in [0.2, 0.25) is 0 Å². The second-order valence-corrected chi connectivity index (χ2v) is 8.63. The highest BCUT2D eigenvalue weighted by Gasteiger charge is 2.50. The summed E-state index contributed by atoms with van der Waals surface area (Å²) in [5.74, 6) is -0.840. The number of hydrogen-bond donors (Lipinski definition) is 0. The van der Waals surface area contributed by atoms with Crippen LogP contribution in [0.5, 0.6) is 23.0 Å². The van der Waals surface area contributed by atoms with Gasteiger partial charge in [0.05, 0.1) is 12.2 Å². The van der Waals surface area contributed by atoms with E-state index in [4.69, 9.17) is 23.7 Å². The van der Waals surface area contributed by atoms with Crippen LogP contribution in [-0.2, 0) is 40.8 Å². The molecule has 194 valence electrons. The molecule has 3 aromatic carbocycles. The van der Waals surface area contributed by atoms with Crippen LogP contribution in [0.15, 0.2) is 54.6 Å². The SMILES string of the molecule is CC(=O)OCOC(=O)c1ccc2c(c1)COC21c2ccc(OC(C)=O)cc2Oc2cc(OC(C)=O)ccc21. The van der Waals surface area contributed by atoms with Gasteiger partial charge in [-0.1, -0.05) is 6.07 Å². The van der Waals surface area contributed by atoms with Crippen molar-refractivity contribution < 1.29 is 47.6 Å². The van der Waals surface area contributed by atoms with Gasteiger partial charge in [0.2, 0.25) is 6.79 Å². The van der Waals surface area contributed by atoms with E-state index in [0.717, 1.165) is 11.1 Å². The predicted molar refractivity (Wildman–Crippen MR) is 129 cm³/mol. The molecule has 5 rings (SSSR count). The minimum atomic E-state index is -1.12. The monoisotopic (exact) mass is 518 g/mol. The summed E-state index contributed by atoms with van der Waals surface area (Å²) in [4.78, 5) is 46.5. The molecule has 0 aromatic heterocycles. The molecule has 0 saturated heterocycles. The molecule has 1 spiro atoms. The Bertz CT molecular complexity index is 1420. The maximum absolute atomic E-state index is 12.5. The molecule has 0 fully saturated rings. The van der Waals surface area contributed by atoms with E-state index in [1.54, 1.807) is 54.6 Å². The smallest absolute Gasteiger partial charge is 0.341 e. The van der Waals surface area contributed by atoms with Crippen LogP contribution < -0.4 is 14.2 Å². The van der Waals surface area contributed by atoms with Crippen LogP contribution in [0.4, 0.5) is 0 Å². The summed E-state index contributed by atoms with van der Waals surface area (Å²) in [5, 5.41) is 0. The highest BCUT2D eigenvalue weighted by atomic mass is 16.7. The van der Waals surface area contributed by atoms with E-state index in [9.17, 15) is 19.2 Å². The minimum Gasteiger partial charge on any atom is -0.456 e. The van der Waals surface area contributed by atoms with Crippen molar-refractivity contribution in [1.82, 2.24) is 0 Å². The first kappa shape index (κ1) is 25.0. The Labute approximate surface area is 217 Å². The molecule has 0 bridgehead atoms. The molecule has 0 radical (unpaired) electrons. The third-order valence-electron chi connectivity index (χ3n) is 6.02. The number of fused-ring (bicyclic) bond motifs is 6. The molecule has 10 nitrogen and oxygen atoms in total. The van der Waals surface area contributed by atoms with E-state index in [1.165, 1.54) is 20.8 Å². The molecular weight excluding hydrogens is 496 g/mol. The Morgan fingerprint density at radius 3 is 1.87 bits per heavy atom. The standard InChI is InChI=1S/C28H22O10/c1-15(29)33-14-34-27(32)18-4-7-22-19(10-18)13-35-28(22)23-8-5-20(36-16(2)30)11-25(23)38-26-12-21(37-17(3)31)6-9-24(26)28/h4-12H,13-14H2,1-3H3. The van der Waals surface area contributed by atoms with E-state index in [2.05, 4.69) is 4.74 Å². The van der Waals surface area contributed by atoms with Gasteiger partial charge < -0.3 is 28.4 Å². The second kappa shape index (κ2) is 9.64. The molecule has 2 aliphatic heterocycles. The van der Waals surface area contributed by atoms with Crippen molar-refractivity contribution in [3.05, 3.63) is 82.4 Å². The fraction of sp³-hybridized carbons (Fsp3) is 0.214. The third-order valence-corrected chi connectivity index (χ3v) is 6.02. The Kier molecular flexibility index (Phi) is 6.33. The van der Waals surface area contributed by atoms with E-state index in [0.29, 0.717) is 22.6 Å². The van der Waals surface area contributed by atoms with Crippen molar-refractivity contribution in [2.75, 3.05) is 6.79 Å². The summed E-state index contributed by atoms with van der Waals surface area (Å²) in [5.41, 5.74) is 1.95. The zero-order valence-corrected chi connectivity index (χ0v) is 20.7. The molecule has 0 unspecified atom stereocenters. The molecular formula is C28H22O10. The molecule has 0 atom stereocenters. The zero-order chi connectivity index (χ0) is 27.0. The number of rotatable bonds is 5. The molecule has 0 amide bonds. The van der Waals surface area contributed by atoms with Crippen LogP contribution in [0.3, 0.4) is 0 Å². The van der Waals surface area contributed by atoms with E-state index < -0.39 is 36.3 Å². The quantitative estimate of drug-likeness (QED) is 0.276. The van der Waals surface area contributed by atoms with E-state index in [1.807, 2.05) is 0 Å². The number of carbonyl (C=O) groups is 4. The van der Waals surface area contributed by atoms with Gasteiger partial charge in [0.1, 0.15) is 23.0 Å². The summed E-state index contributed by atoms with van der Waals surface area (Å²) in [6, 6.07) is 15.0. The first-order valence-corrected chi connectivity index (χ1v) is 11.6. The number of esters is 4. The first-order valence-electron chi connectivity index (χ1n) is 11.6. The van der Waals surface area contributed by atoms with Crippen molar-refractivity contribution >= 4 is 23.9 Å². The molecule has 2 aliphatic rings. The lowest BCUT2D eigenvalue weighted by atomic mass is 9.77. The Hall–Kier alpha value is -4.70. The van der Waals surface area contributed by atoms with Crippen molar-refractivity contribution in [3.63, 3.8) is 0 Å². The van der Waals surface area contributed by atoms with Crippen LogP contribution in [0.1, 0.15) is 53.4 Å². The first-order chi connectivity index (χ1) is 18.2. The fourth-order valence-corrected chi connectivity index (χ4v) is 4.62. The van der Waals surface area contributed by atoms with E-state index in [-0.39, 0.29) is 23.7 Å². The molecule has 3 aromatic rings. The van der Waals surface area contributed by atoms with Crippen LogP contribution in [0.25, 0.3) is 0 Å². The average Bonchev–Trinajstić information content (AvgIpc) is 3.22. The molecule has 0 saturated carbocycles. The molecule has 2 heterocycles. The largest absolute Gasteiger partial charge is 0.456 e. The van der Waals surface area contributed by atoms with Crippen LogP contribution >= 0.6 is 0 Å². The van der Waals surface area contributed by atoms with E-state index >= 15 is 0 Å². The van der Waals surface area contributed by atoms with Gasteiger partial charge in [-0.3, -0.25) is 14.4 Å². The van der Waals surface area contributed by atoms with Gasteiger partial charge >= 0.3 is 23.9 Å². The predicted octanol–water partition coefficient (Wildman–Crippen LogP) is 4.14. The summed E-state index contributed by atoms with van der Waals surface area (Å²) < 4.78 is 32.8. The lowest BCUT2D eigenvalue weighted by molar-refractivity contribution is -0.149. The van der Waals surface area contributed by atoms with Gasteiger partial charge in [0.25, 0.3) is 0 Å². The van der Waals surface area contributed by atoms with Gasteiger partial charge in [-0.15, -0.1) is 0 Å². The van der Waals surface area contributed by atoms with Gasteiger partial charge in [0, 0.05) is 44.0 Å². The third kappa shape index (κ3) is 4.46. The molecule has 10 heteroatoms. The molecule has 0 aliphatic carbocycles. The Morgan fingerprint density at radius 2 is 1.32 bits per heavy atom. The maximum atomic E-state index is 12.5. The number of carbonyl (C=O) groups excluding carboxylic acids is 4. The zero-order valence-electron chi connectivity index (χ0n) is 20.7. The Balaban J connectivity index is 1.60. The van der Waals surface area contributed by atoms with Crippen molar-refractivity contribution in [2.45, 2.75) is 33.0 Å². The van der Waals surface area contributed by atoms with Gasteiger partial charge in [-0.25, -0.2) is 4.79 Å². The van der Waals surface area contributed by atoms with Gasteiger partial charge in [-0.05, 0) is 47.5 Å². The van der Waals surface area contributed by atoms with Gasteiger partial charge in [0.15, 0.2) is 5.60 Å². The molecule has 38 heavy (non-hydrogen) atoms. The normalized spacial score (nSPS) is 13.9.